The van der Waals surface area contributed by atoms with Crippen LogP contribution >= 0.6 is 0 Å². The first-order valence-electron chi connectivity index (χ1n) is 8.34. The molecule has 1 aliphatic heterocycles. The average molecular weight is 267 g/mol. The van der Waals surface area contributed by atoms with Crippen LogP contribution in [0, 0.1) is 5.92 Å². The monoisotopic (exact) mass is 267 g/mol. The fraction of sp³-hybridized carbons (Fsp3) is 1.00. The van der Waals surface area contributed by atoms with Crippen LogP contribution in [0.4, 0.5) is 0 Å². The van der Waals surface area contributed by atoms with Crippen LogP contribution in [0.3, 0.4) is 0 Å². The van der Waals surface area contributed by atoms with Crippen LogP contribution in [0.2, 0.25) is 0 Å². The molecule has 0 aromatic rings. The molecule has 0 aromatic heterocycles. The second kappa shape index (κ2) is 8.23. The van der Waals surface area contributed by atoms with E-state index in [1.807, 2.05) is 0 Å². The zero-order valence-corrected chi connectivity index (χ0v) is 13.0. The lowest BCUT2D eigenvalue weighted by atomic mass is 9.95. The van der Waals surface area contributed by atoms with Crippen molar-refractivity contribution in [3.05, 3.63) is 0 Å². The van der Waals surface area contributed by atoms with Gasteiger partial charge in [0.15, 0.2) is 0 Å². The molecule has 19 heavy (non-hydrogen) atoms. The Morgan fingerprint density at radius 1 is 1.05 bits per heavy atom. The molecular formula is C16H33N3. The second-order valence-electron chi connectivity index (χ2n) is 6.80. The maximum absolute atomic E-state index is 3.75. The van der Waals surface area contributed by atoms with Gasteiger partial charge in [0.2, 0.25) is 0 Å². The van der Waals surface area contributed by atoms with E-state index >= 15 is 0 Å². The van der Waals surface area contributed by atoms with Crippen molar-refractivity contribution < 1.29 is 0 Å². The number of nitrogens with one attached hydrogen (secondary N) is 1. The van der Waals surface area contributed by atoms with Crippen molar-refractivity contribution in [1.82, 2.24) is 15.1 Å². The van der Waals surface area contributed by atoms with Gasteiger partial charge in [0.05, 0.1) is 0 Å². The fourth-order valence-electron chi connectivity index (χ4n) is 3.54. The molecule has 0 amide bonds. The third kappa shape index (κ3) is 5.80. The van der Waals surface area contributed by atoms with Gasteiger partial charge in [-0.2, -0.15) is 0 Å². The highest BCUT2D eigenvalue weighted by Crippen LogP contribution is 2.18. The lowest BCUT2D eigenvalue weighted by Crippen LogP contribution is -2.40. The summed E-state index contributed by atoms with van der Waals surface area (Å²) < 4.78 is 0. The quantitative estimate of drug-likeness (QED) is 0.796. The number of likely N-dealkylation sites (N-methyl/N-ethyl adjacent to an activating group) is 1. The molecule has 0 bridgehead atoms. The molecule has 0 unspecified atom stereocenters. The highest BCUT2D eigenvalue weighted by atomic mass is 15.1. The van der Waals surface area contributed by atoms with Crippen molar-refractivity contribution >= 4 is 0 Å². The summed E-state index contributed by atoms with van der Waals surface area (Å²) in [5.74, 6) is 0.927. The number of hydrogen-bond acceptors (Lipinski definition) is 3. The van der Waals surface area contributed by atoms with Gasteiger partial charge in [-0.25, -0.2) is 0 Å². The number of nitrogens with zero attached hydrogens (tertiary/aromatic N) is 2. The molecule has 0 radical (unpaired) electrons. The average Bonchev–Trinajstić information content (AvgIpc) is 2.43. The predicted octanol–water partition coefficient (Wildman–Crippen LogP) is 2.18. The number of piperidine rings is 1. The van der Waals surface area contributed by atoms with E-state index in [2.05, 4.69) is 29.2 Å². The number of likely N-dealkylation sites (tertiary alicyclic amines) is 1. The molecule has 3 nitrogen and oxygen atoms in total. The van der Waals surface area contributed by atoms with Gasteiger partial charge >= 0.3 is 0 Å². The van der Waals surface area contributed by atoms with Crippen LogP contribution < -0.4 is 5.32 Å². The van der Waals surface area contributed by atoms with Gasteiger partial charge in [0, 0.05) is 25.7 Å². The van der Waals surface area contributed by atoms with Gasteiger partial charge < -0.3 is 15.1 Å². The highest BCUT2D eigenvalue weighted by Gasteiger charge is 2.18. The molecule has 0 aromatic carbocycles. The Labute approximate surface area is 119 Å². The lowest BCUT2D eigenvalue weighted by Gasteiger charge is -2.32. The number of hydrogen-bond donors (Lipinski definition) is 1. The molecule has 2 fully saturated rings. The standard InChI is InChI=1S/C16H33N3/c1-18-11-8-15(9-12-18)14-19(2)13-10-17-16-6-4-3-5-7-16/h15-17H,3-14H2,1-2H3. The molecule has 1 aliphatic carbocycles. The molecule has 1 N–H and O–H groups in total. The van der Waals surface area contributed by atoms with Crippen LogP contribution in [-0.2, 0) is 0 Å². The van der Waals surface area contributed by atoms with E-state index in [0.717, 1.165) is 12.0 Å². The van der Waals surface area contributed by atoms with Gasteiger partial charge in [-0.3, -0.25) is 0 Å². The minimum Gasteiger partial charge on any atom is -0.313 e. The Balaban J connectivity index is 1.52. The van der Waals surface area contributed by atoms with E-state index < -0.39 is 0 Å². The van der Waals surface area contributed by atoms with E-state index in [9.17, 15) is 0 Å². The molecule has 1 saturated carbocycles. The first-order valence-corrected chi connectivity index (χ1v) is 8.34. The third-order valence-electron chi connectivity index (χ3n) is 4.94. The van der Waals surface area contributed by atoms with E-state index in [4.69, 9.17) is 0 Å². The van der Waals surface area contributed by atoms with Gasteiger partial charge in [-0.1, -0.05) is 19.3 Å². The molecule has 1 heterocycles. The number of rotatable bonds is 6. The van der Waals surface area contributed by atoms with Gasteiger partial charge in [0.1, 0.15) is 0 Å². The molecule has 0 atom stereocenters. The summed E-state index contributed by atoms with van der Waals surface area (Å²) in [5.41, 5.74) is 0. The zero-order chi connectivity index (χ0) is 13.5. The van der Waals surface area contributed by atoms with Crippen LogP contribution in [0.5, 0.6) is 0 Å². The third-order valence-corrected chi connectivity index (χ3v) is 4.94. The van der Waals surface area contributed by atoms with Crippen LogP contribution in [0.25, 0.3) is 0 Å². The molecule has 3 heteroatoms. The van der Waals surface area contributed by atoms with Crippen molar-refractivity contribution in [3.63, 3.8) is 0 Å². The lowest BCUT2D eigenvalue weighted by molar-refractivity contribution is 0.175. The summed E-state index contributed by atoms with van der Waals surface area (Å²) in [6, 6.07) is 0.811. The van der Waals surface area contributed by atoms with E-state index in [-0.39, 0.29) is 0 Å². The van der Waals surface area contributed by atoms with Crippen molar-refractivity contribution in [2.45, 2.75) is 51.0 Å². The SMILES string of the molecule is CN1CCC(CN(C)CCNC2CCCCC2)CC1. The molecular weight excluding hydrogens is 234 g/mol. The Morgan fingerprint density at radius 3 is 2.42 bits per heavy atom. The Morgan fingerprint density at radius 2 is 1.74 bits per heavy atom. The topological polar surface area (TPSA) is 18.5 Å². The summed E-state index contributed by atoms with van der Waals surface area (Å²) in [7, 11) is 4.54. The van der Waals surface area contributed by atoms with E-state index in [1.54, 1.807) is 0 Å². The summed E-state index contributed by atoms with van der Waals surface area (Å²) >= 11 is 0. The van der Waals surface area contributed by atoms with Gasteiger partial charge in [-0.15, -0.1) is 0 Å². The Bertz CT molecular complexity index is 230. The molecule has 2 rings (SSSR count). The normalized spacial score (nSPS) is 24.2. The smallest absolute Gasteiger partial charge is 0.0104 e. The minimum absolute atomic E-state index is 0.811. The summed E-state index contributed by atoms with van der Waals surface area (Å²) in [6.07, 6.45) is 9.89. The van der Waals surface area contributed by atoms with Crippen molar-refractivity contribution in [3.8, 4) is 0 Å². The van der Waals surface area contributed by atoms with Gasteiger partial charge in [0.25, 0.3) is 0 Å². The largest absolute Gasteiger partial charge is 0.313 e. The highest BCUT2D eigenvalue weighted by molar-refractivity contribution is 4.74. The fourth-order valence-corrected chi connectivity index (χ4v) is 3.54. The first-order chi connectivity index (χ1) is 9.24. The predicted molar refractivity (Wildman–Crippen MR) is 82.6 cm³/mol. The Kier molecular flexibility index (Phi) is 6.62. The van der Waals surface area contributed by atoms with Crippen LogP contribution in [0.1, 0.15) is 44.9 Å². The Hall–Kier alpha value is -0.120. The van der Waals surface area contributed by atoms with E-state index in [0.29, 0.717) is 0 Å². The van der Waals surface area contributed by atoms with Crippen LogP contribution in [0.15, 0.2) is 0 Å². The molecule has 112 valence electrons. The van der Waals surface area contributed by atoms with Crippen molar-refractivity contribution in [2.24, 2.45) is 5.92 Å². The van der Waals surface area contributed by atoms with Crippen molar-refractivity contribution in [1.29, 1.82) is 0 Å². The summed E-state index contributed by atoms with van der Waals surface area (Å²) in [6.45, 7) is 6.26. The molecule has 2 aliphatic rings. The molecule has 0 spiro atoms. The summed E-state index contributed by atoms with van der Waals surface area (Å²) in [5, 5.41) is 3.75. The maximum Gasteiger partial charge on any atom is 0.0104 e. The molecule has 1 saturated heterocycles. The first kappa shape index (κ1) is 15.3. The van der Waals surface area contributed by atoms with Gasteiger partial charge in [-0.05, 0) is 58.8 Å². The summed E-state index contributed by atoms with van der Waals surface area (Å²) in [4.78, 5) is 4.99. The zero-order valence-electron chi connectivity index (χ0n) is 13.0. The van der Waals surface area contributed by atoms with Crippen molar-refractivity contribution in [2.75, 3.05) is 46.8 Å². The van der Waals surface area contributed by atoms with Crippen LogP contribution in [-0.4, -0.2) is 62.7 Å². The second-order valence-corrected chi connectivity index (χ2v) is 6.80. The maximum atomic E-state index is 3.75. The van der Waals surface area contributed by atoms with E-state index in [1.165, 1.54) is 77.7 Å². The minimum atomic E-state index is 0.811.